The van der Waals surface area contributed by atoms with Crippen molar-refractivity contribution in [3.05, 3.63) is 89.7 Å². The molecule has 1 aromatic heterocycles. The second-order valence-electron chi connectivity index (χ2n) is 8.04. The summed E-state index contributed by atoms with van der Waals surface area (Å²) in [5.74, 6) is 1.74. The van der Waals surface area contributed by atoms with Crippen LogP contribution in [-0.4, -0.2) is 47.3 Å². The number of carbonyl (C=O) groups excluding carboxylic acids is 1. The third-order valence-electron chi connectivity index (χ3n) is 6.15. The molecule has 6 nitrogen and oxygen atoms in total. The molecule has 1 aliphatic heterocycles. The highest BCUT2D eigenvalue weighted by atomic mass is 32.2. The van der Waals surface area contributed by atoms with E-state index >= 15 is 0 Å². The number of ether oxygens (including phenoxy) is 2. The SMILES string of the molecule is COc1cc2c(cc1OC)C(c1ccccc1)N(C(=O)CSc1ncnc3ccccc13)CC2. The van der Waals surface area contributed by atoms with Crippen LogP contribution in [0.1, 0.15) is 22.7 Å². The Bertz CT molecular complexity index is 1320. The Balaban J connectivity index is 1.47. The van der Waals surface area contributed by atoms with Crippen LogP contribution in [-0.2, 0) is 11.2 Å². The van der Waals surface area contributed by atoms with Crippen molar-refractivity contribution < 1.29 is 14.3 Å². The highest BCUT2D eigenvalue weighted by molar-refractivity contribution is 8.00. The van der Waals surface area contributed by atoms with Gasteiger partial charge in [0, 0.05) is 11.9 Å². The minimum absolute atomic E-state index is 0.0713. The summed E-state index contributed by atoms with van der Waals surface area (Å²) in [5.41, 5.74) is 4.19. The summed E-state index contributed by atoms with van der Waals surface area (Å²) in [6.45, 7) is 0.631. The Morgan fingerprint density at radius 2 is 1.74 bits per heavy atom. The monoisotopic (exact) mass is 471 g/mol. The summed E-state index contributed by atoms with van der Waals surface area (Å²) in [7, 11) is 3.28. The predicted molar refractivity (Wildman–Crippen MR) is 134 cm³/mol. The van der Waals surface area contributed by atoms with Crippen LogP contribution in [0.4, 0.5) is 0 Å². The molecular weight excluding hydrogens is 446 g/mol. The number of carbonyl (C=O) groups is 1. The van der Waals surface area contributed by atoms with Crippen molar-refractivity contribution in [2.24, 2.45) is 0 Å². The van der Waals surface area contributed by atoms with E-state index in [1.807, 2.05) is 59.5 Å². The molecule has 7 heteroatoms. The number of benzene rings is 3. The number of thioether (sulfide) groups is 1. The second kappa shape index (κ2) is 9.73. The molecule has 1 amide bonds. The lowest BCUT2D eigenvalue weighted by Crippen LogP contribution is -2.41. The van der Waals surface area contributed by atoms with Gasteiger partial charge in [0.2, 0.25) is 5.91 Å². The van der Waals surface area contributed by atoms with Crippen LogP contribution in [0.15, 0.2) is 78.1 Å². The van der Waals surface area contributed by atoms with E-state index in [1.165, 1.54) is 17.3 Å². The summed E-state index contributed by atoms with van der Waals surface area (Å²) in [5, 5.41) is 1.78. The predicted octanol–water partition coefficient (Wildman–Crippen LogP) is 4.91. The van der Waals surface area contributed by atoms with Crippen LogP contribution in [0.2, 0.25) is 0 Å². The summed E-state index contributed by atoms with van der Waals surface area (Å²) in [6.07, 6.45) is 2.31. The number of nitrogens with zero attached hydrogens (tertiary/aromatic N) is 3. The maximum Gasteiger partial charge on any atom is 0.233 e. The van der Waals surface area contributed by atoms with Gasteiger partial charge in [-0.25, -0.2) is 9.97 Å². The van der Waals surface area contributed by atoms with Gasteiger partial charge in [-0.2, -0.15) is 0 Å². The quantitative estimate of drug-likeness (QED) is 0.294. The molecule has 3 aromatic carbocycles. The Labute approximate surface area is 202 Å². The van der Waals surface area contributed by atoms with E-state index in [-0.39, 0.29) is 11.9 Å². The second-order valence-corrected chi connectivity index (χ2v) is 9.01. The number of rotatable bonds is 6. The summed E-state index contributed by atoms with van der Waals surface area (Å²) in [6, 6.07) is 21.9. The fraction of sp³-hybridized carbons (Fsp3) is 0.222. The molecule has 1 unspecified atom stereocenters. The fourth-order valence-corrected chi connectivity index (χ4v) is 5.39. The van der Waals surface area contributed by atoms with Crippen LogP contribution in [0, 0.1) is 0 Å². The first-order valence-corrected chi connectivity index (χ1v) is 12.1. The topological polar surface area (TPSA) is 64.6 Å². The van der Waals surface area contributed by atoms with Gasteiger partial charge in [0.15, 0.2) is 11.5 Å². The van der Waals surface area contributed by atoms with Crippen molar-refractivity contribution in [2.75, 3.05) is 26.5 Å². The molecule has 0 N–H and O–H groups in total. The van der Waals surface area contributed by atoms with Gasteiger partial charge < -0.3 is 14.4 Å². The van der Waals surface area contributed by atoms with E-state index in [1.54, 1.807) is 20.5 Å². The van der Waals surface area contributed by atoms with Crippen molar-refractivity contribution in [1.29, 1.82) is 0 Å². The number of methoxy groups -OCH3 is 2. The van der Waals surface area contributed by atoms with Gasteiger partial charge in [0.1, 0.15) is 11.4 Å². The Hall–Kier alpha value is -3.58. The first-order valence-electron chi connectivity index (χ1n) is 11.1. The standard InChI is InChI=1S/C27H25N3O3S/c1-32-23-14-19-12-13-30(26(18-8-4-3-5-9-18)21(19)15-24(23)33-2)25(31)16-34-27-20-10-6-7-11-22(20)28-17-29-27/h3-11,14-15,17,26H,12-13,16H2,1-2H3. The molecule has 1 aliphatic rings. The molecule has 1 atom stereocenters. The molecular formula is C27H25N3O3S. The summed E-state index contributed by atoms with van der Waals surface area (Å²) in [4.78, 5) is 24.3. The maximum atomic E-state index is 13.6. The third kappa shape index (κ3) is 4.19. The minimum atomic E-state index is -0.194. The molecule has 0 bridgehead atoms. The Kier molecular flexibility index (Phi) is 6.36. The lowest BCUT2D eigenvalue weighted by Gasteiger charge is -2.38. The van der Waals surface area contributed by atoms with Gasteiger partial charge in [0.05, 0.1) is 31.5 Å². The Morgan fingerprint density at radius 1 is 1.00 bits per heavy atom. The summed E-state index contributed by atoms with van der Waals surface area (Å²) < 4.78 is 11.1. The molecule has 0 spiro atoms. The molecule has 0 saturated heterocycles. The van der Waals surface area contributed by atoms with Crippen molar-refractivity contribution >= 4 is 28.6 Å². The number of hydrogen-bond acceptors (Lipinski definition) is 6. The van der Waals surface area contributed by atoms with E-state index in [0.717, 1.165) is 33.5 Å². The number of para-hydroxylation sites is 1. The lowest BCUT2D eigenvalue weighted by atomic mass is 9.87. The highest BCUT2D eigenvalue weighted by Crippen LogP contribution is 2.41. The molecule has 0 radical (unpaired) electrons. The summed E-state index contributed by atoms with van der Waals surface area (Å²) >= 11 is 1.46. The van der Waals surface area contributed by atoms with E-state index in [0.29, 0.717) is 23.8 Å². The molecule has 0 saturated carbocycles. The molecule has 34 heavy (non-hydrogen) atoms. The van der Waals surface area contributed by atoms with Crippen LogP contribution >= 0.6 is 11.8 Å². The first-order chi connectivity index (χ1) is 16.7. The minimum Gasteiger partial charge on any atom is -0.493 e. The number of fused-ring (bicyclic) bond motifs is 2. The van der Waals surface area contributed by atoms with Gasteiger partial charge in [-0.15, -0.1) is 0 Å². The van der Waals surface area contributed by atoms with Crippen molar-refractivity contribution in [3.63, 3.8) is 0 Å². The zero-order valence-electron chi connectivity index (χ0n) is 19.1. The van der Waals surface area contributed by atoms with Crippen LogP contribution in [0.5, 0.6) is 11.5 Å². The number of aromatic nitrogens is 2. The van der Waals surface area contributed by atoms with Crippen LogP contribution in [0.3, 0.4) is 0 Å². The van der Waals surface area contributed by atoms with Gasteiger partial charge in [0.25, 0.3) is 0 Å². The molecule has 5 rings (SSSR count). The van der Waals surface area contributed by atoms with Crippen molar-refractivity contribution in [1.82, 2.24) is 14.9 Å². The van der Waals surface area contributed by atoms with Gasteiger partial charge in [-0.05, 0) is 41.3 Å². The third-order valence-corrected chi connectivity index (χ3v) is 7.14. The normalized spacial score (nSPS) is 15.1. The average molecular weight is 472 g/mol. The van der Waals surface area contributed by atoms with Crippen LogP contribution < -0.4 is 9.47 Å². The van der Waals surface area contributed by atoms with Gasteiger partial charge in [-0.3, -0.25) is 4.79 Å². The van der Waals surface area contributed by atoms with E-state index in [2.05, 4.69) is 22.1 Å². The Morgan fingerprint density at radius 3 is 2.53 bits per heavy atom. The lowest BCUT2D eigenvalue weighted by molar-refractivity contribution is -0.130. The molecule has 172 valence electrons. The van der Waals surface area contributed by atoms with E-state index in [9.17, 15) is 4.79 Å². The average Bonchev–Trinajstić information content (AvgIpc) is 2.90. The number of amides is 1. The molecule has 0 aliphatic carbocycles. The van der Waals surface area contributed by atoms with Crippen LogP contribution in [0.25, 0.3) is 10.9 Å². The molecule has 2 heterocycles. The largest absolute Gasteiger partial charge is 0.493 e. The van der Waals surface area contributed by atoms with Crippen molar-refractivity contribution in [2.45, 2.75) is 17.5 Å². The highest BCUT2D eigenvalue weighted by Gasteiger charge is 2.33. The van der Waals surface area contributed by atoms with E-state index in [4.69, 9.17) is 9.47 Å². The van der Waals surface area contributed by atoms with Gasteiger partial charge >= 0.3 is 0 Å². The molecule has 4 aromatic rings. The first kappa shape index (κ1) is 22.2. The van der Waals surface area contributed by atoms with E-state index < -0.39 is 0 Å². The maximum absolute atomic E-state index is 13.6. The zero-order chi connectivity index (χ0) is 23.5. The zero-order valence-corrected chi connectivity index (χ0v) is 19.9. The van der Waals surface area contributed by atoms with Crippen molar-refractivity contribution in [3.8, 4) is 11.5 Å². The fourth-order valence-electron chi connectivity index (χ4n) is 4.52. The van der Waals surface area contributed by atoms with Gasteiger partial charge in [-0.1, -0.05) is 60.3 Å². The smallest absolute Gasteiger partial charge is 0.233 e. The number of hydrogen-bond donors (Lipinski definition) is 0. The molecule has 0 fully saturated rings.